The van der Waals surface area contributed by atoms with E-state index in [0.717, 1.165) is 5.56 Å². The molecule has 2 aromatic rings. The largest absolute Gasteiger partial charge is 0.466 e. The minimum Gasteiger partial charge on any atom is -0.466 e. The van der Waals surface area contributed by atoms with Crippen molar-refractivity contribution in [2.24, 2.45) is 11.8 Å². The van der Waals surface area contributed by atoms with Crippen molar-refractivity contribution < 1.29 is 22.7 Å². The van der Waals surface area contributed by atoms with Crippen LogP contribution in [0.15, 0.2) is 65.6 Å². The molecule has 0 spiro atoms. The van der Waals surface area contributed by atoms with Gasteiger partial charge in [0.1, 0.15) is 5.25 Å². The van der Waals surface area contributed by atoms with Gasteiger partial charge in [0.2, 0.25) is 5.91 Å². The first-order valence-corrected chi connectivity index (χ1v) is 11.6. The number of carbonyl (C=O) groups is 2. The number of esters is 1. The highest BCUT2D eigenvalue weighted by atomic mass is 32.2. The summed E-state index contributed by atoms with van der Waals surface area (Å²) in [5, 5.41) is -1.33. The van der Waals surface area contributed by atoms with Crippen molar-refractivity contribution in [2.45, 2.75) is 37.0 Å². The van der Waals surface area contributed by atoms with Gasteiger partial charge in [0, 0.05) is 12.5 Å². The first-order valence-electron chi connectivity index (χ1n) is 10.1. The molecule has 0 aromatic heterocycles. The van der Waals surface area contributed by atoms with Gasteiger partial charge < -0.3 is 9.64 Å². The van der Waals surface area contributed by atoms with E-state index in [1.807, 2.05) is 37.3 Å². The van der Waals surface area contributed by atoms with E-state index in [9.17, 15) is 18.0 Å². The molecule has 0 bridgehead atoms. The lowest BCUT2D eigenvalue weighted by molar-refractivity contribution is -0.149. The van der Waals surface area contributed by atoms with Gasteiger partial charge in [0.15, 0.2) is 9.84 Å². The fourth-order valence-corrected chi connectivity index (χ4v) is 6.02. The van der Waals surface area contributed by atoms with E-state index >= 15 is 0 Å². The number of likely N-dealkylation sites (tertiary alicyclic amines) is 1. The van der Waals surface area contributed by atoms with Gasteiger partial charge >= 0.3 is 5.97 Å². The number of ether oxygens (including phenoxy) is 1. The summed E-state index contributed by atoms with van der Waals surface area (Å²) in [6, 6.07) is 17.1. The van der Waals surface area contributed by atoms with Crippen LogP contribution in [-0.4, -0.2) is 43.6 Å². The molecular weight excluding hydrogens is 402 g/mol. The molecule has 0 N–H and O–H groups in total. The van der Waals surface area contributed by atoms with Crippen LogP contribution < -0.4 is 0 Å². The molecule has 1 amide bonds. The standard InChI is InChI=1S/C23H27NO5S/c1-4-29-23(26)16(2)20-15-24(17(3)18-11-7-5-8-12-18)22(25)21(20)30(27,28)19-13-9-6-10-14-19/h5-14,16-17,20-21H,4,15H2,1-3H3/t16?,17-,20+,21+/m1/s1. The Morgan fingerprint density at radius 1 is 1.07 bits per heavy atom. The number of rotatable bonds is 7. The van der Waals surface area contributed by atoms with Crippen LogP contribution >= 0.6 is 0 Å². The lowest BCUT2D eigenvalue weighted by Gasteiger charge is -2.25. The van der Waals surface area contributed by atoms with Crippen molar-refractivity contribution in [1.29, 1.82) is 0 Å². The minimum absolute atomic E-state index is 0.0821. The Hall–Kier alpha value is -2.67. The molecule has 2 aromatic carbocycles. The van der Waals surface area contributed by atoms with Crippen molar-refractivity contribution in [2.75, 3.05) is 13.2 Å². The molecule has 4 atom stereocenters. The van der Waals surface area contributed by atoms with Gasteiger partial charge in [-0.1, -0.05) is 55.5 Å². The van der Waals surface area contributed by atoms with Crippen molar-refractivity contribution in [3.8, 4) is 0 Å². The van der Waals surface area contributed by atoms with Gasteiger partial charge in [-0.25, -0.2) is 8.42 Å². The summed E-state index contributed by atoms with van der Waals surface area (Å²) in [6.07, 6.45) is 0. The molecule has 0 radical (unpaired) electrons. The summed E-state index contributed by atoms with van der Waals surface area (Å²) in [5.41, 5.74) is 0.908. The quantitative estimate of drug-likeness (QED) is 0.631. The van der Waals surface area contributed by atoms with Crippen LogP contribution in [0.3, 0.4) is 0 Å². The number of nitrogens with zero attached hydrogens (tertiary/aromatic N) is 1. The Kier molecular flexibility index (Phi) is 6.61. The molecule has 7 heteroatoms. The average Bonchev–Trinajstić information content (AvgIpc) is 3.11. The van der Waals surface area contributed by atoms with E-state index in [-0.39, 0.29) is 24.1 Å². The van der Waals surface area contributed by atoms with Gasteiger partial charge in [-0.15, -0.1) is 0 Å². The SMILES string of the molecule is CCOC(=O)C(C)[C@@H]1CN([C@H](C)c2ccccc2)C(=O)[C@H]1S(=O)(=O)c1ccccc1. The molecule has 0 saturated carbocycles. The predicted molar refractivity (Wildman–Crippen MR) is 113 cm³/mol. The van der Waals surface area contributed by atoms with E-state index in [1.165, 1.54) is 12.1 Å². The number of amides is 1. The lowest BCUT2D eigenvalue weighted by Crippen LogP contribution is -2.39. The van der Waals surface area contributed by atoms with E-state index in [2.05, 4.69) is 0 Å². The second-order valence-electron chi connectivity index (χ2n) is 7.56. The molecule has 1 heterocycles. The van der Waals surface area contributed by atoms with Crippen molar-refractivity contribution in [3.05, 3.63) is 66.2 Å². The van der Waals surface area contributed by atoms with Crippen molar-refractivity contribution in [3.63, 3.8) is 0 Å². The molecule has 1 fully saturated rings. The summed E-state index contributed by atoms with van der Waals surface area (Å²) < 4.78 is 32.0. The second-order valence-corrected chi connectivity index (χ2v) is 9.63. The van der Waals surface area contributed by atoms with Crippen LogP contribution in [0, 0.1) is 11.8 Å². The lowest BCUT2D eigenvalue weighted by atomic mass is 9.93. The maximum atomic E-state index is 13.4. The van der Waals surface area contributed by atoms with Crippen LogP contribution in [0.5, 0.6) is 0 Å². The number of carbonyl (C=O) groups excluding carboxylic acids is 2. The molecule has 6 nitrogen and oxygen atoms in total. The molecule has 30 heavy (non-hydrogen) atoms. The second kappa shape index (κ2) is 9.00. The van der Waals surface area contributed by atoms with E-state index in [0.29, 0.717) is 0 Å². The summed E-state index contributed by atoms with van der Waals surface area (Å²) in [4.78, 5) is 27.5. The molecule has 1 aliphatic rings. The summed E-state index contributed by atoms with van der Waals surface area (Å²) >= 11 is 0. The Balaban J connectivity index is 2.02. The number of hydrogen-bond donors (Lipinski definition) is 0. The van der Waals surface area contributed by atoms with Crippen LogP contribution in [0.25, 0.3) is 0 Å². The van der Waals surface area contributed by atoms with E-state index in [1.54, 1.807) is 36.9 Å². The molecule has 1 unspecified atom stereocenters. The van der Waals surface area contributed by atoms with Crippen molar-refractivity contribution >= 4 is 21.7 Å². The first kappa shape index (κ1) is 22.0. The highest BCUT2D eigenvalue weighted by Gasteiger charge is 2.53. The molecule has 160 valence electrons. The van der Waals surface area contributed by atoms with E-state index in [4.69, 9.17) is 4.74 Å². The Bertz CT molecular complexity index is 991. The van der Waals surface area contributed by atoms with Crippen LogP contribution in [0.4, 0.5) is 0 Å². The zero-order chi connectivity index (χ0) is 21.9. The van der Waals surface area contributed by atoms with Gasteiger partial charge in [0.25, 0.3) is 0 Å². The Labute approximate surface area is 177 Å². The Morgan fingerprint density at radius 3 is 2.20 bits per heavy atom. The predicted octanol–water partition coefficient (Wildman–Crippen LogP) is 3.25. The molecule has 0 aliphatic carbocycles. The average molecular weight is 430 g/mol. The fourth-order valence-electron chi connectivity index (χ4n) is 4.01. The highest BCUT2D eigenvalue weighted by Crippen LogP contribution is 2.38. The number of benzene rings is 2. The third kappa shape index (κ3) is 4.12. The van der Waals surface area contributed by atoms with E-state index < -0.39 is 38.8 Å². The van der Waals surface area contributed by atoms with Crippen LogP contribution in [0.1, 0.15) is 32.4 Å². The zero-order valence-corrected chi connectivity index (χ0v) is 18.2. The molecule has 1 aliphatic heterocycles. The van der Waals surface area contributed by atoms with Gasteiger partial charge in [-0.05, 0) is 31.5 Å². The minimum atomic E-state index is -3.98. The molecule has 3 rings (SSSR count). The Morgan fingerprint density at radius 2 is 1.63 bits per heavy atom. The van der Waals surface area contributed by atoms with Crippen LogP contribution in [0.2, 0.25) is 0 Å². The first-order chi connectivity index (χ1) is 14.3. The molecular formula is C23H27NO5S. The van der Waals surface area contributed by atoms with Gasteiger partial charge in [-0.2, -0.15) is 0 Å². The van der Waals surface area contributed by atoms with Crippen LogP contribution in [-0.2, 0) is 24.2 Å². The third-order valence-corrected chi connectivity index (χ3v) is 7.93. The van der Waals surface area contributed by atoms with Gasteiger partial charge in [-0.3, -0.25) is 9.59 Å². The monoisotopic (exact) mass is 429 g/mol. The third-order valence-electron chi connectivity index (χ3n) is 5.78. The summed E-state index contributed by atoms with van der Waals surface area (Å²) in [5.74, 6) is -2.40. The smallest absolute Gasteiger partial charge is 0.309 e. The van der Waals surface area contributed by atoms with Crippen molar-refractivity contribution in [1.82, 2.24) is 4.90 Å². The molecule has 1 saturated heterocycles. The summed E-state index contributed by atoms with van der Waals surface area (Å²) in [7, 11) is -3.98. The summed E-state index contributed by atoms with van der Waals surface area (Å²) in [6.45, 7) is 5.58. The number of hydrogen-bond acceptors (Lipinski definition) is 5. The highest BCUT2D eigenvalue weighted by molar-refractivity contribution is 7.92. The normalized spacial score (nSPS) is 21.3. The maximum absolute atomic E-state index is 13.4. The topological polar surface area (TPSA) is 80.8 Å². The number of sulfone groups is 1. The fraction of sp³-hybridized carbons (Fsp3) is 0.391. The maximum Gasteiger partial charge on any atom is 0.309 e. The zero-order valence-electron chi connectivity index (χ0n) is 17.4. The van der Waals surface area contributed by atoms with Gasteiger partial charge in [0.05, 0.1) is 23.5 Å².